The van der Waals surface area contributed by atoms with E-state index in [1.807, 2.05) is 52.0 Å². The minimum absolute atomic E-state index is 0.236. The molecule has 0 radical (unpaired) electrons. The normalized spacial score (nSPS) is 11.0. The van der Waals surface area contributed by atoms with Crippen LogP contribution in [0.15, 0.2) is 28.8 Å². The van der Waals surface area contributed by atoms with Crippen molar-refractivity contribution in [3.05, 3.63) is 35.0 Å². The number of benzene rings is 1. The van der Waals surface area contributed by atoms with Gasteiger partial charge in [-0.3, -0.25) is 0 Å². The van der Waals surface area contributed by atoms with Crippen LogP contribution in [0.25, 0.3) is 22.2 Å². The van der Waals surface area contributed by atoms with E-state index in [1.54, 1.807) is 0 Å². The summed E-state index contributed by atoms with van der Waals surface area (Å²) in [5.41, 5.74) is 2.31. The average molecular weight is 371 g/mol. The zero-order chi connectivity index (χ0) is 18.7. The topological polar surface area (TPSA) is 92.9 Å². The second-order valence-corrected chi connectivity index (χ2v) is 7.58. The molecule has 26 heavy (non-hydrogen) atoms. The number of amides is 2. The molecule has 0 atom stereocenters. The standard InChI is InChI=1S/C18H21N5O2S/c1-10(2)9-19-18(24)21-14-7-5-6-13(8-14)16-22-17(25-23-16)15-11(3)20-12(4)26-15/h5-8,10H,9H2,1-4H3,(H2,19,21,24). The summed E-state index contributed by atoms with van der Waals surface area (Å²) in [4.78, 5) is 21.6. The van der Waals surface area contributed by atoms with Gasteiger partial charge in [0.1, 0.15) is 4.88 Å². The minimum atomic E-state index is -0.236. The van der Waals surface area contributed by atoms with Gasteiger partial charge >= 0.3 is 6.03 Å². The zero-order valence-electron chi connectivity index (χ0n) is 15.2. The number of thiazole rings is 1. The Labute approximate surface area is 155 Å². The number of aromatic nitrogens is 3. The summed E-state index contributed by atoms with van der Waals surface area (Å²) in [5, 5.41) is 10.6. The summed E-state index contributed by atoms with van der Waals surface area (Å²) < 4.78 is 5.39. The van der Waals surface area contributed by atoms with E-state index in [2.05, 4.69) is 25.8 Å². The van der Waals surface area contributed by atoms with E-state index < -0.39 is 0 Å². The average Bonchev–Trinajstić information content (AvgIpc) is 3.19. The molecule has 0 spiro atoms. The molecular formula is C18H21N5O2S. The molecule has 3 rings (SSSR count). The van der Waals surface area contributed by atoms with Gasteiger partial charge in [-0.1, -0.05) is 31.1 Å². The second kappa shape index (κ2) is 7.65. The highest BCUT2D eigenvalue weighted by molar-refractivity contribution is 7.15. The van der Waals surface area contributed by atoms with E-state index in [0.29, 0.717) is 29.9 Å². The number of nitrogens with one attached hydrogen (secondary N) is 2. The fourth-order valence-corrected chi connectivity index (χ4v) is 3.21. The first-order valence-corrected chi connectivity index (χ1v) is 9.17. The SMILES string of the molecule is Cc1nc(C)c(-c2nc(-c3cccc(NC(=O)NCC(C)C)c3)no2)s1. The Balaban J connectivity index is 1.76. The fraction of sp³-hybridized carbons (Fsp3) is 0.333. The van der Waals surface area contributed by atoms with Crippen molar-refractivity contribution in [2.75, 3.05) is 11.9 Å². The molecule has 136 valence electrons. The van der Waals surface area contributed by atoms with Crippen molar-refractivity contribution in [1.29, 1.82) is 0 Å². The van der Waals surface area contributed by atoms with E-state index in [1.165, 1.54) is 11.3 Å². The van der Waals surface area contributed by atoms with Crippen LogP contribution in [0, 0.1) is 19.8 Å². The monoisotopic (exact) mass is 371 g/mol. The Morgan fingerprint density at radius 3 is 2.77 bits per heavy atom. The van der Waals surface area contributed by atoms with Crippen molar-refractivity contribution in [2.24, 2.45) is 5.92 Å². The molecule has 0 aliphatic rings. The Hall–Kier alpha value is -2.74. The molecule has 7 nitrogen and oxygen atoms in total. The molecule has 8 heteroatoms. The van der Waals surface area contributed by atoms with Crippen LogP contribution in [0.3, 0.4) is 0 Å². The fourth-order valence-electron chi connectivity index (χ4n) is 2.37. The first-order valence-electron chi connectivity index (χ1n) is 8.35. The van der Waals surface area contributed by atoms with Gasteiger partial charge in [0.05, 0.1) is 10.7 Å². The molecule has 0 aliphatic heterocycles. The lowest BCUT2D eigenvalue weighted by Crippen LogP contribution is -2.31. The third-order valence-electron chi connectivity index (χ3n) is 3.57. The van der Waals surface area contributed by atoms with Crippen molar-refractivity contribution >= 4 is 23.1 Å². The van der Waals surface area contributed by atoms with Crippen LogP contribution in [0.5, 0.6) is 0 Å². The predicted molar refractivity (Wildman–Crippen MR) is 102 cm³/mol. The first-order chi connectivity index (χ1) is 12.4. The van der Waals surface area contributed by atoms with Crippen molar-refractivity contribution in [3.63, 3.8) is 0 Å². The predicted octanol–water partition coefficient (Wildman–Crippen LogP) is 4.25. The van der Waals surface area contributed by atoms with Gasteiger partial charge in [-0.05, 0) is 31.9 Å². The van der Waals surface area contributed by atoms with Crippen LogP contribution >= 0.6 is 11.3 Å². The van der Waals surface area contributed by atoms with Crippen molar-refractivity contribution < 1.29 is 9.32 Å². The third-order valence-corrected chi connectivity index (χ3v) is 4.63. The maximum atomic E-state index is 11.9. The number of rotatable bonds is 5. The summed E-state index contributed by atoms with van der Waals surface area (Å²) in [7, 11) is 0. The lowest BCUT2D eigenvalue weighted by Gasteiger charge is -2.09. The van der Waals surface area contributed by atoms with Crippen LogP contribution in [0.4, 0.5) is 10.5 Å². The number of urea groups is 1. The molecule has 3 aromatic rings. The maximum Gasteiger partial charge on any atom is 0.319 e. The molecule has 0 aliphatic carbocycles. The largest absolute Gasteiger partial charge is 0.338 e. The third kappa shape index (κ3) is 4.26. The highest BCUT2D eigenvalue weighted by Gasteiger charge is 2.16. The summed E-state index contributed by atoms with van der Waals surface area (Å²) >= 11 is 1.52. The van der Waals surface area contributed by atoms with E-state index in [9.17, 15) is 4.79 Å². The summed E-state index contributed by atoms with van der Waals surface area (Å²) in [5.74, 6) is 1.32. The maximum absolute atomic E-state index is 11.9. The lowest BCUT2D eigenvalue weighted by atomic mass is 10.2. The number of anilines is 1. The van der Waals surface area contributed by atoms with Crippen LogP contribution in [-0.4, -0.2) is 27.7 Å². The van der Waals surface area contributed by atoms with E-state index >= 15 is 0 Å². The molecule has 1 aromatic carbocycles. The lowest BCUT2D eigenvalue weighted by molar-refractivity contribution is 0.251. The summed E-state index contributed by atoms with van der Waals surface area (Å²) in [6, 6.07) is 7.10. The molecule has 0 saturated carbocycles. The van der Waals surface area contributed by atoms with Gasteiger partial charge in [-0.15, -0.1) is 11.3 Å². The smallest absolute Gasteiger partial charge is 0.319 e. The molecule has 2 amide bonds. The number of hydrogen-bond donors (Lipinski definition) is 2. The summed E-state index contributed by atoms with van der Waals surface area (Å²) in [6.07, 6.45) is 0. The second-order valence-electron chi connectivity index (χ2n) is 6.38. The van der Waals surface area contributed by atoms with Crippen molar-refractivity contribution in [2.45, 2.75) is 27.7 Å². The molecule has 0 unspecified atom stereocenters. The van der Waals surface area contributed by atoms with Crippen LogP contribution in [0.1, 0.15) is 24.5 Å². The van der Waals surface area contributed by atoms with Crippen molar-refractivity contribution in [1.82, 2.24) is 20.4 Å². The van der Waals surface area contributed by atoms with Gasteiger partial charge in [-0.2, -0.15) is 4.98 Å². The minimum Gasteiger partial charge on any atom is -0.338 e. The van der Waals surface area contributed by atoms with Gasteiger partial charge in [0.15, 0.2) is 0 Å². The van der Waals surface area contributed by atoms with Gasteiger partial charge in [0.25, 0.3) is 5.89 Å². The Kier molecular flexibility index (Phi) is 5.32. The molecule has 2 aromatic heterocycles. The van der Waals surface area contributed by atoms with E-state index in [4.69, 9.17) is 4.52 Å². The van der Waals surface area contributed by atoms with Crippen LogP contribution in [-0.2, 0) is 0 Å². The molecule has 0 bridgehead atoms. The first kappa shape index (κ1) is 18.1. The number of carbonyl (C=O) groups is 1. The van der Waals surface area contributed by atoms with Gasteiger partial charge < -0.3 is 15.2 Å². The molecule has 0 saturated heterocycles. The van der Waals surface area contributed by atoms with Crippen LogP contribution in [0.2, 0.25) is 0 Å². The number of nitrogens with zero attached hydrogens (tertiary/aromatic N) is 3. The van der Waals surface area contributed by atoms with Crippen molar-refractivity contribution in [3.8, 4) is 22.2 Å². The number of carbonyl (C=O) groups excluding carboxylic acids is 1. The molecule has 2 heterocycles. The number of aryl methyl sites for hydroxylation is 2. The van der Waals surface area contributed by atoms with Gasteiger partial charge in [-0.25, -0.2) is 9.78 Å². The summed E-state index contributed by atoms with van der Waals surface area (Å²) in [6.45, 7) is 8.57. The van der Waals surface area contributed by atoms with Crippen LogP contribution < -0.4 is 10.6 Å². The highest BCUT2D eigenvalue weighted by Crippen LogP contribution is 2.30. The number of hydrogen-bond acceptors (Lipinski definition) is 6. The highest BCUT2D eigenvalue weighted by atomic mass is 32.1. The quantitative estimate of drug-likeness (QED) is 0.699. The molecular weight excluding hydrogens is 350 g/mol. The Bertz CT molecular complexity index is 916. The van der Waals surface area contributed by atoms with Gasteiger partial charge in [0, 0.05) is 17.8 Å². The van der Waals surface area contributed by atoms with Gasteiger partial charge in [0.2, 0.25) is 5.82 Å². The molecule has 2 N–H and O–H groups in total. The van der Waals surface area contributed by atoms with E-state index in [-0.39, 0.29) is 6.03 Å². The zero-order valence-corrected chi connectivity index (χ0v) is 16.0. The van der Waals surface area contributed by atoms with E-state index in [0.717, 1.165) is 21.1 Å². The molecule has 0 fully saturated rings. The Morgan fingerprint density at radius 1 is 1.27 bits per heavy atom. The Morgan fingerprint density at radius 2 is 2.08 bits per heavy atom.